The molecule has 0 aromatic heterocycles. The van der Waals surface area contributed by atoms with Gasteiger partial charge < -0.3 is 0 Å². The Morgan fingerprint density at radius 3 is 2.65 bits per heavy atom. The number of nitrogens with zero attached hydrogens (tertiary/aromatic N) is 1. The van der Waals surface area contributed by atoms with Gasteiger partial charge in [0, 0.05) is 10.1 Å². The van der Waals surface area contributed by atoms with E-state index < -0.39 is 5.54 Å². The van der Waals surface area contributed by atoms with Crippen LogP contribution >= 0.6 is 35.0 Å². The second kappa shape index (κ2) is 8.14. The summed E-state index contributed by atoms with van der Waals surface area (Å²) >= 11 is 13.6. The largest absolute Gasteiger partial charge is 0.300 e. The fraction of sp³-hybridized carbons (Fsp3) is 0.533. The zero-order valence-corrected chi connectivity index (χ0v) is 14.4. The molecule has 5 heteroatoms. The monoisotopic (exact) mass is 330 g/mol. The summed E-state index contributed by atoms with van der Waals surface area (Å²) in [6.07, 6.45) is 1.79. The van der Waals surface area contributed by atoms with Crippen molar-refractivity contribution in [1.82, 2.24) is 5.32 Å². The highest BCUT2D eigenvalue weighted by Gasteiger charge is 2.25. The standard InChI is InChI=1S/C15H20Cl2N2S/c1-4-7-19-15(3,10-18)9-11(2)20-12-5-6-13(16)14(17)8-12/h5-6,8,11,19H,4,7,9H2,1-3H3. The Balaban J connectivity index is 2.64. The fourth-order valence-electron chi connectivity index (χ4n) is 1.96. The Bertz CT molecular complexity index is 487. The summed E-state index contributed by atoms with van der Waals surface area (Å²) < 4.78 is 0. The van der Waals surface area contributed by atoms with Crippen molar-refractivity contribution >= 4 is 35.0 Å². The lowest BCUT2D eigenvalue weighted by Crippen LogP contribution is -2.43. The molecule has 0 aliphatic carbocycles. The minimum atomic E-state index is -0.487. The van der Waals surface area contributed by atoms with E-state index in [1.165, 1.54) is 0 Å². The van der Waals surface area contributed by atoms with E-state index in [-0.39, 0.29) is 0 Å². The summed E-state index contributed by atoms with van der Waals surface area (Å²) in [5.74, 6) is 0. The number of rotatable bonds is 7. The molecule has 2 atom stereocenters. The third-order valence-corrected chi connectivity index (χ3v) is 4.77. The molecule has 0 aliphatic rings. The van der Waals surface area contributed by atoms with E-state index in [9.17, 15) is 5.26 Å². The summed E-state index contributed by atoms with van der Waals surface area (Å²) in [7, 11) is 0. The molecule has 1 aromatic rings. The van der Waals surface area contributed by atoms with Crippen LogP contribution in [0.1, 0.15) is 33.6 Å². The van der Waals surface area contributed by atoms with Crippen LogP contribution in [0.4, 0.5) is 0 Å². The number of benzene rings is 1. The first-order valence-electron chi connectivity index (χ1n) is 6.68. The molecule has 0 heterocycles. The lowest BCUT2D eigenvalue weighted by atomic mass is 9.98. The van der Waals surface area contributed by atoms with Crippen LogP contribution in [0.3, 0.4) is 0 Å². The van der Waals surface area contributed by atoms with Gasteiger partial charge in [-0.25, -0.2) is 0 Å². The molecule has 1 N–H and O–H groups in total. The van der Waals surface area contributed by atoms with Crippen molar-refractivity contribution < 1.29 is 0 Å². The fourth-order valence-corrected chi connectivity index (χ4v) is 3.53. The van der Waals surface area contributed by atoms with E-state index in [4.69, 9.17) is 23.2 Å². The van der Waals surface area contributed by atoms with Gasteiger partial charge in [0.15, 0.2) is 0 Å². The Labute approximate surface area is 135 Å². The first-order chi connectivity index (χ1) is 9.40. The Morgan fingerprint density at radius 2 is 2.10 bits per heavy atom. The van der Waals surface area contributed by atoms with Gasteiger partial charge in [-0.2, -0.15) is 5.26 Å². The molecule has 0 radical (unpaired) electrons. The molecule has 0 aliphatic heterocycles. The quantitative estimate of drug-likeness (QED) is 0.702. The van der Waals surface area contributed by atoms with Crippen molar-refractivity contribution in [3.05, 3.63) is 28.2 Å². The zero-order valence-electron chi connectivity index (χ0n) is 12.0. The number of nitriles is 1. The first kappa shape index (κ1) is 17.7. The highest BCUT2D eigenvalue weighted by Crippen LogP contribution is 2.32. The Morgan fingerprint density at radius 1 is 1.40 bits per heavy atom. The van der Waals surface area contributed by atoms with E-state index >= 15 is 0 Å². The molecule has 0 spiro atoms. The van der Waals surface area contributed by atoms with Crippen molar-refractivity contribution in [2.24, 2.45) is 0 Å². The average molecular weight is 331 g/mol. The predicted octanol–water partition coefficient (Wildman–Crippen LogP) is 5.15. The van der Waals surface area contributed by atoms with Gasteiger partial charge in [-0.1, -0.05) is 37.0 Å². The second-order valence-corrected chi connectivity index (χ2v) is 7.41. The Hall–Kier alpha value is -0.400. The molecule has 2 nitrogen and oxygen atoms in total. The van der Waals surface area contributed by atoms with Crippen LogP contribution < -0.4 is 5.32 Å². The Kier molecular flexibility index (Phi) is 7.19. The van der Waals surface area contributed by atoms with Crippen molar-refractivity contribution in [2.45, 2.75) is 49.3 Å². The average Bonchev–Trinajstić information content (AvgIpc) is 2.40. The summed E-state index contributed by atoms with van der Waals surface area (Å²) in [6, 6.07) is 8.01. The molecule has 2 unspecified atom stereocenters. The van der Waals surface area contributed by atoms with Crippen LogP contribution in [0, 0.1) is 11.3 Å². The van der Waals surface area contributed by atoms with Gasteiger partial charge in [0.2, 0.25) is 0 Å². The van der Waals surface area contributed by atoms with Crippen molar-refractivity contribution in [3.8, 4) is 6.07 Å². The molecule has 1 aromatic carbocycles. The van der Waals surface area contributed by atoms with E-state index in [0.29, 0.717) is 15.3 Å². The van der Waals surface area contributed by atoms with Crippen LogP contribution in [0.2, 0.25) is 10.0 Å². The van der Waals surface area contributed by atoms with Gasteiger partial charge in [-0.3, -0.25) is 5.32 Å². The lowest BCUT2D eigenvalue weighted by Gasteiger charge is -2.26. The molecule has 1 rings (SSSR count). The number of hydrogen-bond acceptors (Lipinski definition) is 3. The van der Waals surface area contributed by atoms with Crippen molar-refractivity contribution in [3.63, 3.8) is 0 Å². The van der Waals surface area contributed by atoms with E-state index in [1.807, 2.05) is 19.1 Å². The molecule has 0 bridgehead atoms. The SMILES string of the molecule is CCCNC(C)(C#N)CC(C)Sc1ccc(Cl)c(Cl)c1. The maximum atomic E-state index is 9.35. The van der Waals surface area contributed by atoms with Crippen LogP contribution in [-0.2, 0) is 0 Å². The van der Waals surface area contributed by atoms with Gasteiger partial charge in [0.25, 0.3) is 0 Å². The minimum Gasteiger partial charge on any atom is -0.300 e. The summed E-state index contributed by atoms with van der Waals surface area (Å²) in [6.45, 7) is 7.03. The lowest BCUT2D eigenvalue weighted by molar-refractivity contribution is 0.418. The molecular weight excluding hydrogens is 311 g/mol. The number of nitrogens with one attached hydrogen (secondary N) is 1. The normalized spacial score (nSPS) is 15.4. The van der Waals surface area contributed by atoms with E-state index in [2.05, 4.69) is 25.2 Å². The third-order valence-electron chi connectivity index (χ3n) is 2.94. The molecule has 110 valence electrons. The summed E-state index contributed by atoms with van der Waals surface area (Å²) in [5, 5.41) is 14.1. The second-order valence-electron chi connectivity index (χ2n) is 5.08. The van der Waals surface area contributed by atoms with Crippen LogP contribution in [-0.4, -0.2) is 17.3 Å². The predicted molar refractivity (Wildman–Crippen MR) is 88.7 cm³/mol. The first-order valence-corrected chi connectivity index (χ1v) is 8.31. The smallest absolute Gasteiger partial charge is 0.104 e. The topological polar surface area (TPSA) is 35.8 Å². The van der Waals surface area contributed by atoms with Crippen LogP contribution in [0.15, 0.2) is 23.1 Å². The van der Waals surface area contributed by atoms with Gasteiger partial charge in [-0.05, 0) is 44.5 Å². The molecule has 0 saturated carbocycles. The molecule has 0 amide bonds. The summed E-state index contributed by atoms with van der Waals surface area (Å²) in [4.78, 5) is 1.07. The third kappa shape index (κ3) is 5.54. The number of halogens is 2. The van der Waals surface area contributed by atoms with Gasteiger partial charge >= 0.3 is 0 Å². The van der Waals surface area contributed by atoms with E-state index in [1.54, 1.807) is 17.8 Å². The van der Waals surface area contributed by atoms with Crippen LogP contribution in [0.25, 0.3) is 0 Å². The molecule has 20 heavy (non-hydrogen) atoms. The highest BCUT2D eigenvalue weighted by atomic mass is 35.5. The minimum absolute atomic E-state index is 0.307. The maximum Gasteiger partial charge on any atom is 0.104 e. The number of hydrogen-bond donors (Lipinski definition) is 1. The zero-order chi connectivity index (χ0) is 15.2. The van der Waals surface area contributed by atoms with E-state index in [0.717, 1.165) is 24.3 Å². The molecule has 0 fully saturated rings. The van der Waals surface area contributed by atoms with Gasteiger partial charge in [0.05, 0.1) is 16.1 Å². The van der Waals surface area contributed by atoms with Crippen LogP contribution in [0.5, 0.6) is 0 Å². The van der Waals surface area contributed by atoms with Gasteiger partial charge in [0.1, 0.15) is 5.54 Å². The molecular formula is C15H20Cl2N2S. The highest BCUT2D eigenvalue weighted by molar-refractivity contribution is 8.00. The summed E-state index contributed by atoms with van der Waals surface area (Å²) in [5.41, 5.74) is -0.487. The van der Waals surface area contributed by atoms with Crippen molar-refractivity contribution in [1.29, 1.82) is 5.26 Å². The van der Waals surface area contributed by atoms with Gasteiger partial charge in [-0.15, -0.1) is 11.8 Å². The maximum absolute atomic E-state index is 9.35. The molecule has 0 saturated heterocycles. The number of thioether (sulfide) groups is 1. The van der Waals surface area contributed by atoms with Crippen molar-refractivity contribution in [2.75, 3.05) is 6.54 Å².